The highest BCUT2D eigenvalue weighted by Crippen LogP contribution is 2.27. The summed E-state index contributed by atoms with van der Waals surface area (Å²) >= 11 is 0. The van der Waals surface area contributed by atoms with Crippen LogP contribution in [0.25, 0.3) is 0 Å². The van der Waals surface area contributed by atoms with E-state index < -0.39 is 11.7 Å². The van der Waals surface area contributed by atoms with Crippen LogP contribution in [0, 0.1) is 0 Å². The number of amides is 1. The normalized spacial score (nSPS) is 10.1. The predicted octanol–water partition coefficient (Wildman–Crippen LogP) is 1.41. The largest absolute Gasteiger partial charge is 0.493 e. The quantitative estimate of drug-likeness (QED) is 0.635. The summed E-state index contributed by atoms with van der Waals surface area (Å²) in [5.41, 5.74) is 0.269. The second-order valence-corrected chi connectivity index (χ2v) is 4.03. The van der Waals surface area contributed by atoms with Crippen molar-refractivity contribution in [3.8, 4) is 11.5 Å². The molecule has 0 aliphatic rings. The van der Waals surface area contributed by atoms with Crippen LogP contribution in [-0.4, -0.2) is 32.0 Å². The van der Waals surface area contributed by atoms with Crippen LogP contribution in [0.5, 0.6) is 11.5 Å². The van der Waals surface area contributed by atoms with Crippen molar-refractivity contribution in [2.45, 2.75) is 19.9 Å². The third-order valence-electron chi connectivity index (χ3n) is 2.27. The van der Waals surface area contributed by atoms with Crippen molar-refractivity contribution in [3.05, 3.63) is 23.8 Å². The first kappa shape index (κ1) is 14.0. The minimum absolute atomic E-state index is 0.0819. The number of ether oxygens (including phenoxy) is 2. The fourth-order valence-electron chi connectivity index (χ4n) is 1.44. The summed E-state index contributed by atoms with van der Waals surface area (Å²) in [6.07, 6.45) is 0. The zero-order valence-electron chi connectivity index (χ0n) is 10.9. The molecule has 0 aliphatic carbocycles. The SMILES string of the molecule is COc1ccc(C(=O)C(=O)NC(C)C)cc1OC. The summed E-state index contributed by atoms with van der Waals surface area (Å²) in [4.78, 5) is 23.4. The molecule has 0 aliphatic heterocycles. The lowest BCUT2D eigenvalue weighted by Crippen LogP contribution is -2.35. The molecule has 0 spiro atoms. The summed E-state index contributed by atoms with van der Waals surface area (Å²) < 4.78 is 10.1. The van der Waals surface area contributed by atoms with Crippen LogP contribution in [-0.2, 0) is 4.79 Å². The lowest BCUT2D eigenvalue weighted by atomic mass is 10.1. The van der Waals surface area contributed by atoms with Gasteiger partial charge >= 0.3 is 0 Å². The van der Waals surface area contributed by atoms with E-state index in [-0.39, 0.29) is 11.6 Å². The summed E-state index contributed by atoms with van der Waals surface area (Å²) in [6, 6.07) is 4.53. The van der Waals surface area contributed by atoms with Crippen molar-refractivity contribution < 1.29 is 19.1 Å². The molecule has 1 aromatic carbocycles. The van der Waals surface area contributed by atoms with Crippen LogP contribution in [0.15, 0.2) is 18.2 Å². The standard InChI is InChI=1S/C13H17NO4/c1-8(2)14-13(16)12(15)9-5-6-10(17-3)11(7-9)18-4/h5-8H,1-4H3,(H,14,16). The van der Waals surface area contributed by atoms with E-state index in [1.54, 1.807) is 19.9 Å². The summed E-state index contributed by atoms with van der Waals surface area (Å²) in [5.74, 6) is -0.291. The maximum atomic E-state index is 11.8. The molecule has 18 heavy (non-hydrogen) atoms. The second kappa shape index (κ2) is 6.05. The molecule has 0 saturated heterocycles. The maximum absolute atomic E-state index is 11.8. The van der Waals surface area contributed by atoms with Gasteiger partial charge in [0.2, 0.25) is 5.78 Å². The van der Waals surface area contributed by atoms with Crippen LogP contribution in [0.3, 0.4) is 0 Å². The average Bonchev–Trinajstić information content (AvgIpc) is 2.36. The number of hydrogen-bond donors (Lipinski definition) is 1. The lowest BCUT2D eigenvalue weighted by Gasteiger charge is -2.10. The molecule has 0 heterocycles. The first-order valence-corrected chi connectivity index (χ1v) is 5.56. The Morgan fingerprint density at radius 2 is 1.72 bits per heavy atom. The fourth-order valence-corrected chi connectivity index (χ4v) is 1.44. The van der Waals surface area contributed by atoms with Gasteiger partial charge in [-0.05, 0) is 32.0 Å². The Hall–Kier alpha value is -2.04. The molecule has 0 radical (unpaired) electrons. The fraction of sp³-hybridized carbons (Fsp3) is 0.385. The predicted molar refractivity (Wildman–Crippen MR) is 67.2 cm³/mol. The number of Topliss-reactive ketones (excluding diaryl/α,β-unsaturated/α-hetero) is 1. The van der Waals surface area contributed by atoms with Crippen molar-refractivity contribution in [1.82, 2.24) is 5.32 Å². The van der Waals surface area contributed by atoms with Gasteiger partial charge in [0.05, 0.1) is 14.2 Å². The zero-order chi connectivity index (χ0) is 13.7. The summed E-state index contributed by atoms with van der Waals surface area (Å²) in [7, 11) is 2.98. The molecular formula is C13H17NO4. The van der Waals surface area contributed by atoms with E-state index in [4.69, 9.17) is 9.47 Å². The second-order valence-electron chi connectivity index (χ2n) is 4.03. The van der Waals surface area contributed by atoms with Gasteiger partial charge in [-0.1, -0.05) is 0 Å². The van der Waals surface area contributed by atoms with E-state index in [0.29, 0.717) is 11.5 Å². The van der Waals surface area contributed by atoms with Crippen LogP contribution in [0.2, 0.25) is 0 Å². The molecule has 0 bridgehead atoms. The van der Waals surface area contributed by atoms with Crippen LogP contribution >= 0.6 is 0 Å². The lowest BCUT2D eigenvalue weighted by molar-refractivity contribution is -0.117. The van der Waals surface area contributed by atoms with Gasteiger partial charge in [-0.3, -0.25) is 9.59 Å². The molecule has 0 saturated carbocycles. The molecular weight excluding hydrogens is 234 g/mol. The zero-order valence-corrected chi connectivity index (χ0v) is 10.9. The van der Waals surface area contributed by atoms with Gasteiger partial charge in [0.1, 0.15) is 0 Å². The molecule has 5 heteroatoms. The number of benzene rings is 1. The summed E-state index contributed by atoms with van der Waals surface area (Å²) in [6.45, 7) is 3.58. The molecule has 0 atom stereocenters. The van der Waals surface area contributed by atoms with Gasteiger partial charge < -0.3 is 14.8 Å². The van der Waals surface area contributed by atoms with E-state index in [9.17, 15) is 9.59 Å². The van der Waals surface area contributed by atoms with E-state index in [1.807, 2.05) is 0 Å². The molecule has 1 amide bonds. The number of nitrogens with one attached hydrogen (secondary N) is 1. The van der Waals surface area contributed by atoms with E-state index in [2.05, 4.69) is 5.32 Å². The first-order chi connectivity index (χ1) is 8.49. The maximum Gasteiger partial charge on any atom is 0.292 e. The molecule has 1 N–H and O–H groups in total. The number of carbonyl (C=O) groups is 2. The molecule has 1 aromatic rings. The Morgan fingerprint density at radius 1 is 1.11 bits per heavy atom. The number of carbonyl (C=O) groups excluding carboxylic acids is 2. The highest BCUT2D eigenvalue weighted by Gasteiger charge is 2.18. The smallest absolute Gasteiger partial charge is 0.292 e. The Balaban J connectivity index is 2.96. The number of methoxy groups -OCH3 is 2. The molecule has 5 nitrogen and oxygen atoms in total. The Morgan fingerprint density at radius 3 is 2.22 bits per heavy atom. The van der Waals surface area contributed by atoms with Crippen LogP contribution in [0.4, 0.5) is 0 Å². The van der Waals surface area contributed by atoms with Gasteiger partial charge in [0, 0.05) is 11.6 Å². The highest BCUT2D eigenvalue weighted by molar-refractivity contribution is 6.42. The van der Waals surface area contributed by atoms with Crippen molar-refractivity contribution >= 4 is 11.7 Å². The van der Waals surface area contributed by atoms with E-state index in [1.165, 1.54) is 26.4 Å². The van der Waals surface area contributed by atoms with E-state index >= 15 is 0 Å². The minimum atomic E-state index is -0.628. The highest BCUT2D eigenvalue weighted by atomic mass is 16.5. The third-order valence-corrected chi connectivity index (χ3v) is 2.27. The Bertz CT molecular complexity index is 454. The average molecular weight is 251 g/mol. The van der Waals surface area contributed by atoms with Crippen LogP contribution in [0.1, 0.15) is 24.2 Å². The van der Waals surface area contributed by atoms with Crippen molar-refractivity contribution in [2.24, 2.45) is 0 Å². The van der Waals surface area contributed by atoms with Gasteiger partial charge in [-0.25, -0.2) is 0 Å². The molecule has 0 unspecified atom stereocenters. The monoisotopic (exact) mass is 251 g/mol. The minimum Gasteiger partial charge on any atom is -0.493 e. The van der Waals surface area contributed by atoms with Crippen LogP contribution < -0.4 is 14.8 Å². The van der Waals surface area contributed by atoms with Gasteiger partial charge in [0.25, 0.3) is 5.91 Å². The van der Waals surface area contributed by atoms with Crippen molar-refractivity contribution in [1.29, 1.82) is 0 Å². The number of rotatable bonds is 5. The van der Waals surface area contributed by atoms with Crippen molar-refractivity contribution in [3.63, 3.8) is 0 Å². The van der Waals surface area contributed by atoms with Crippen molar-refractivity contribution in [2.75, 3.05) is 14.2 Å². The molecule has 1 rings (SSSR count). The first-order valence-electron chi connectivity index (χ1n) is 5.56. The molecule has 0 aromatic heterocycles. The van der Waals surface area contributed by atoms with Gasteiger partial charge in [-0.15, -0.1) is 0 Å². The third kappa shape index (κ3) is 3.23. The summed E-state index contributed by atoms with van der Waals surface area (Å²) in [5, 5.41) is 2.55. The number of ketones is 1. The molecule has 98 valence electrons. The van der Waals surface area contributed by atoms with Gasteiger partial charge in [0.15, 0.2) is 11.5 Å². The number of hydrogen-bond acceptors (Lipinski definition) is 4. The van der Waals surface area contributed by atoms with Gasteiger partial charge in [-0.2, -0.15) is 0 Å². The molecule has 0 fully saturated rings. The Kier molecular flexibility index (Phi) is 4.71. The topological polar surface area (TPSA) is 64.6 Å². The Labute approximate surface area is 106 Å². The van der Waals surface area contributed by atoms with E-state index in [0.717, 1.165) is 0 Å².